The van der Waals surface area contributed by atoms with Crippen LogP contribution in [0.15, 0.2) is 30.3 Å². The molecule has 0 unspecified atom stereocenters. The van der Waals surface area contributed by atoms with Crippen LogP contribution in [0.1, 0.15) is 18.4 Å². The minimum atomic E-state index is 0.222. The van der Waals surface area contributed by atoms with Crippen molar-refractivity contribution in [3.8, 4) is 0 Å². The summed E-state index contributed by atoms with van der Waals surface area (Å²) < 4.78 is 5.98. The molecule has 4 heteroatoms. The Hall–Kier alpha value is -1.39. The van der Waals surface area contributed by atoms with Crippen LogP contribution in [0.5, 0.6) is 0 Å². The Balaban J connectivity index is 1.51. The summed E-state index contributed by atoms with van der Waals surface area (Å²) in [4.78, 5) is 16.8. The van der Waals surface area contributed by atoms with Gasteiger partial charge in [-0.1, -0.05) is 30.3 Å². The van der Waals surface area contributed by atoms with Gasteiger partial charge in [0.15, 0.2) is 0 Å². The number of carbonyl (C=O) groups is 1. The van der Waals surface area contributed by atoms with Gasteiger partial charge in [0.1, 0.15) is 0 Å². The molecule has 2 saturated heterocycles. The number of nitrogens with zero attached hydrogens (tertiary/aromatic N) is 2. The Morgan fingerprint density at radius 2 is 2.05 bits per heavy atom. The highest BCUT2D eigenvalue weighted by molar-refractivity contribution is 5.76. The van der Waals surface area contributed by atoms with Crippen molar-refractivity contribution in [2.75, 3.05) is 39.8 Å². The second-order valence-corrected chi connectivity index (χ2v) is 6.55. The van der Waals surface area contributed by atoms with Crippen LogP contribution in [-0.2, 0) is 16.0 Å². The van der Waals surface area contributed by atoms with E-state index in [2.05, 4.69) is 24.1 Å². The molecule has 2 aliphatic heterocycles. The minimum Gasteiger partial charge on any atom is -0.375 e. The zero-order chi connectivity index (χ0) is 15.4. The van der Waals surface area contributed by atoms with Crippen molar-refractivity contribution < 1.29 is 9.53 Å². The summed E-state index contributed by atoms with van der Waals surface area (Å²) in [6, 6.07) is 10.2. The first-order valence-electron chi connectivity index (χ1n) is 8.34. The van der Waals surface area contributed by atoms with Crippen LogP contribution in [0.4, 0.5) is 0 Å². The predicted molar refractivity (Wildman–Crippen MR) is 86.7 cm³/mol. The molecule has 0 bridgehead atoms. The normalized spacial score (nSPS) is 26.3. The standard InChI is InChI=1S/C18H26N2O2/c1-19-11-12-22-17-14-20(10-9-16(17)13-19)18(21)8-7-15-5-3-2-4-6-15/h2-6,16-17H,7-14H2,1H3/t16-,17-/m1/s1. The molecule has 0 spiro atoms. The van der Waals surface area contributed by atoms with Crippen LogP contribution in [-0.4, -0.2) is 61.6 Å². The molecule has 1 aromatic rings. The third-order valence-electron chi connectivity index (χ3n) is 4.87. The number of fused-ring (bicyclic) bond motifs is 1. The average Bonchev–Trinajstić information content (AvgIpc) is 2.73. The van der Waals surface area contributed by atoms with E-state index < -0.39 is 0 Å². The van der Waals surface area contributed by atoms with Crippen LogP contribution in [0.25, 0.3) is 0 Å². The zero-order valence-electron chi connectivity index (χ0n) is 13.4. The summed E-state index contributed by atoms with van der Waals surface area (Å²) >= 11 is 0. The highest BCUT2D eigenvalue weighted by atomic mass is 16.5. The van der Waals surface area contributed by atoms with Crippen LogP contribution >= 0.6 is 0 Å². The second-order valence-electron chi connectivity index (χ2n) is 6.55. The second kappa shape index (κ2) is 7.25. The molecule has 0 N–H and O–H groups in total. The third kappa shape index (κ3) is 3.87. The molecule has 1 aromatic carbocycles. The largest absolute Gasteiger partial charge is 0.375 e. The maximum absolute atomic E-state index is 12.5. The predicted octanol–water partition coefficient (Wildman–Crippen LogP) is 1.80. The monoisotopic (exact) mass is 302 g/mol. The molecule has 0 aliphatic carbocycles. The van der Waals surface area contributed by atoms with Gasteiger partial charge in [0.2, 0.25) is 5.91 Å². The Morgan fingerprint density at radius 1 is 1.23 bits per heavy atom. The Labute approximate surface area is 133 Å². The summed E-state index contributed by atoms with van der Waals surface area (Å²) in [5.74, 6) is 0.842. The van der Waals surface area contributed by atoms with Gasteiger partial charge in [-0.3, -0.25) is 4.79 Å². The van der Waals surface area contributed by atoms with Gasteiger partial charge in [-0.15, -0.1) is 0 Å². The van der Waals surface area contributed by atoms with E-state index in [9.17, 15) is 4.79 Å². The number of benzene rings is 1. The maximum atomic E-state index is 12.5. The number of ether oxygens (including phenoxy) is 1. The Bertz CT molecular complexity index is 491. The number of piperidine rings is 1. The smallest absolute Gasteiger partial charge is 0.222 e. The molecule has 120 valence electrons. The van der Waals surface area contributed by atoms with Crippen molar-refractivity contribution in [1.82, 2.24) is 9.80 Å². The first kappa shape index (κ1) is 15.5. The molecule has 0 saturated carbocycles. The topological polar surface area (TPSA) is 32.8 Å². The molecule has 2 atom stereocenters. The number of hydrogen-bond donors (Lipinski definition) is 0. The first-order valence-corrected chi connectivity index (χ1v) is 8.34. The highest BCUT2D eigenvalue weighted by Crippen LogP contribution is 2.24. The van der Waals surface area contributed by atoms with E-state index in [0.717, 1.165) is 45.6 Å². The van der Waals surface area contributed by atoms with Gasteiger partial charge in [-0.05, 0) is 25.5 Å². The number of likely N-dealkylation sites (tertiary alicyclic amines) is 1. The fraction of sp³-hybridized carbons (Fsp3) is 0.611. The molecule has 0 aromatic heterocycles. The van der Waals surface area contributed by atoms with Gasteiger partial charge in [0.05, 0.1) is 12.7 Å². The molecular weight excluding hydrogens is 276 g/mol. The quantitative estimate of drug-likeness (QED) is 0.853. The van der Waals surface area contributed by atoms with E-state index in [-0.39, 0.29) is 12.0 Å². The number of aryl methyl sites for hydroxylation is 1. The molecule has 4 nitrogen and oxygen atoms in total. The lowest BCUT2D eigenvalue weighted by molar-refractivity contribution is -0.136. The van der Waals surface area contributed by atoms with Crippen molar-refractivity contribution in [3.63, 3.8) is 0 Å². The van der Waals surface area contributed by atoms with E-state index in [1.807, 2.05) is 23.1 Å². The van der Waals surface area contributed by atoms with E-state index in [4.69, 9.17) is 4.74 Å². The number of carbonyl (C=O) groups excluding carboxylic acids is 1. The van der Waals surface area contributed by atoms with Gasteiger partial charge < -0.3 is 14.5 Å². The summed E-state index contributed by atoms with van der Waals surface area (Å²) in [6.45, 7) is 4.52. The SMILES string of the molecule is CN1CCO[C@@H]2CN(C(=O)CCc3ccccc3)CC[C@@H]2C1. The summed E-state index contributed by atoms with van der Waals surface area (Å²) in [5, 5.41) is 0. The molecule has 2 heterocycles. The van der Waals surface area contributed by atoms with Gasteiger partial charge in [0.25, 0.3) is 0 Å². The van der Waals surface area contributed by atoms with Gasteiger partial charge in [-0.25, -0.2) is 0 Å². The van der Waals surface area contributed by atoms with Gasteiger partial charge in [0, 0.05) is 38.5 Å². The van der Waals surface area contributed by atoms with E-state index >= 15 is 0 Å². The van der Waals surface area contributed by atoms with Crippen molar-refractivity contribution >= 4 is 5.91 Å². The van der Waals surface area contributed by atoms with Crippen molar-refractivity contribution in [2.45, 2.75) is 25.4 Å². The molecule has 22 heavy (non-hydrogen) atoms. The van der Waals surface area contributed by atoms with E-state index in [1.54, 1.807) is 0 Å². The van der Waals surface area contributed by atoms with Crippen LogP contribution in [0.3, 0.4) is 0 Å². The Kier molecular flexibility index (Phi) is 5.11. The number of hydrogen-bond acceptors (Lipinski definition) is 3. The Morgan fingerprint density at radius 3 is 2.86 bits per heavy atom. The van der Waals surface area contributed by atoms with Crippen molar-refractivity contribution in [2.24, 2.45) is 5.92 Å². The van der Waals surface area contributed by atoms with Crippen LogP contribution in [0, 0.1) is 5.92 Å². The van der Waals surface area contributed by atoms with Gasteiger partial charge in [-0.2, -0.15) is 0 Å². The zero-order valence-corrected chi connectivity index (χ0v) is 13.4. The number of likely N-dealkylation sites (N-methyl/N-ethyl adjacent to an activating group) is 1. The van der Waals surface area contributed by atoms with Crippen LogP contribution < -0.4 is 0 Å². The fourth-order valence-electron chi connectivity index (χ4n) is 3.49. The number of rotatable bonds is 3. The van der Waals surface area contributed by atoms with E-state index in [0.29, 0.717) is 12.3 Å². The lowest BCUT2D eigenvalue weighted by Crippen LogP contribution is -2.48. The maximum Gasteiger partial charge on any atom is 0.222 e. The third-order valence-corrected chi connectivity index (χ3v) is 4.87. The summed E-state index contributed by atoms with van der Waals surface area (Å²) in [6.07, 6.45) is 2.71. The molecule has 2 fully saturated rings. The molecule has 2 aliphatic rings. The van der Waals surface area contributed by atoms with Gasteiger partial charge >= 0.3 is 0 Å². The molecular formula is C18H26N2O2. The first-order chi connectivity index (χ1) is 10.7. The molecule has 1 amide bonds. The van der Waals surface area contributed by atoms with Crippen molar-refractivity contribution in [3.05, 3.63) is 35.9 Å². The minimum absolute atomic E-state index is 0.222. The summed E-state index contributed by atoms with van der Waals surface area (Å²) in [7, 11) is 2.16. The highest BCUT2D eigenvalue weighted by Gasteiger charge is 2.33. The lowest BCUT2D eigenvalue weighted by Gasteiger charge is -2.37. The summed E-state index contributed by atoms with van der Waals surface area (Å²) in [5.41, 5.74) is 1.23. The van der Waals surface area contributed by atoms with Crippen LogP contribution in [0.2, 0.25) is 0 Å². The van der Waals surface area contributed by atoms with Crippen molar-refractivity contribution in [1.29, 1.82) is 0 Å². The fourth-order valence-corrected chi connectivity index (χ4v) is 3.49. The lowest BCUT2D eigenvalue weighted by atomic mass is 9.93. The molecule has 3 rings (SSSR count). The number of amides is 1. The van der Waals surface area contributed by atoms with E-state index in [1.165, 1.54) is 5.56 Å². The molecule has 0 radical (unpaired) electrons. The average molecular weight is 302 g/mol.